The van der Waals surface area contributed by atoms with Crippen molar-refractivity contribution in [1.82, 2.24) is 19.7 Å². The molecule has 0 saturated heterocycles. The summed E-state index contributed by atoms with van der Waals surface area (Å²) in [6.07, 6.45) is -2.17. The normalized spacial score (nSPS) is 18.6. The molecule has 8 heteroatoms. The summed E-state index contributed by atoms with van der Waals surface area (Å²) in [6, 6.07) is 1.69. The van der Waals surface area contributed by atoms with Gasteiger partial charge in [0.05, 0.1) is 11.6 Å². The van der Waals surface area contributed by atoms with Crippen LogP contribution in [0.1, 0.15) is 23.4 Å². The first-order valence-corrected chi connectivity index (χ1v) is 6.58. The van der Waals surface area contributed by atoms with E-state index >= 15 is 0 Å². The Morgan fingerprint density at radius 3 is 2.76 bits per heavy atom. The quantitative estimate of drug-likeness (QED) is 0.876. The Morgan fingerprint density at radius 1 is 1.33 bits per heavy atom. The monoisotopic (exact) mass is 297 g/mol. The highest BCUT2D eigenvalue weighted by atomic mass is 19.4. The van der Waals surface area contributed by atoms with E-state index in [1.165, 1.54) is 4.68 Å². The zero-order valence-corrected chi connectivity index (χ0v) is 11.4. The van der Waals surface area contributed by atoms with Crippen LogP contribution in [0.3, 0.4) is 0 Å². The summed E-state index contributed by atoms with van der Waals surface area (Å²) in [7, 11) is 0. The van der Waals surface area contributed by atoms with Crippen molar-refractivity contribution in [2.45, 2.75) is 32.4 Å². The second kappa shape index (κ2) is 4.71. The van der Waals surface area contributed by atoms with Crippen LogP contribution in [0.15, 0.2) is 12.3 Å². The van der Waals surface area contributed by atoms with E-state index in [1.807, 2.05) is 0 Å². The predicted molar refractivity (Wildman–Crippen MR) is 69.9 cm³/mol. The number of aromatic nitrogens is 4. The van der Waals surface area contributed by atoms with E-state index < -0.39 is 12.1 Å². The SMILES string of the molecule is Cc1cc(-n2cc3c(n2)CCC(C(F)(F)F)C3)nc(N)n1. The Hall–Kier alpha value is -2.12. The van der Waals surface area contributed by atoms with Gasteiger partial charge in [0.25, 0.3) is 0 Å². The molecule has 0 bridgehead atoms. The number of hydrogen-bond acceptors (Lipinski definition) is 4. The van der Waals surface area contributed by atoms with Crippen LogP contribution in [-0.4, -0.2) is 25.9 Å². The Labute approximate surface area is 119 Å². The van der Waals surface area contributed by atoms with Crippen LogP contribution in [0.25, 0.3) is 5.82 Å². The maximum absolute atomic E-state index is 12.8. The third-order valence-electron chi connectivity index (χ3n) is 3.63. The number of nitrogens with zero attached hydrogens (tertiary/aromatic N) is 4. The molecule has 1 atom stereocenters. The molecule has 2 aromatic rings. The maximum atomic E-state index is 12.8. The van der Waals surface area contributed by atoms with Crippen LogP contribution in [0.4, 0.5) is 19.1 Å². The lowest BCUT2D eigenvalue weighted by Crippen LogP contribution is -2.28. The highest BCUT2D eigenvalue weighted by molar-refractivity contribution is 5.33. The topological polar surface area (TPSA) is 69.6 Å². The minimum atomic E-state index is -4.16. The van der Waals surface area contributed by atoms with E-state index in [0.29, 0.717) is 29.2 Å². The molecule has 3 rings (SSSR count). The fourth-order valence-electron chi connectivity index (χ4n) is 2.59. The Kier molecular flexibility index (Phi) is 3.11. The molecule has 2 aromatic heterocycles. The van der Waals surface area contributed by atoms with Gasteiger partial charge in [-0.05, 0) is 31.7 Å². The van der Waals surface area contributed by atoms with E-state index in [-0.39, 0.29) is 18.8 Å². The van der Waals surface area contributed by atoms with Crippen molar-refractivity contribution in [3.05, 3.63) is 29.2 Å². The fourth-order valence-corrected chi connectivity index (χ4v) is 2.59. The lowest BCUT2D eigenvalue weighted by molar-refractivity contribution is -0.177. The summed E-state index contributed by atoms with van der Waals surface area (Å²) >= 11 is 0. The van der Waals surface area contributed by atoms with Crippen molar-refractivity contribution in [1.29, 1.82) is 0 Å². The molecular formula is C13H14F3N5. The molecule has 1 unspecified atom stereocenters. The molecule has 2 N–H and O–H groups in total. The van der Waals surface area contributed by atoms with E-state index in [0.717, 1.165) is 0 Å². The Bertz CT molecular complexity index is 657. The minimum Gasteiger partial charge on any atom is -0.368 e. The summed E-state index contributed by atoms with van der Waals surface area (Å²) < 4.78 is 39.9. The highest BCUT2D eigenvalue weighted by Gasteiger charge is 2.41. The minimum absolute atomic E-state index is 0.0294. The lowest BCUT2D eigenvalue weighted by atomic mass is 9.87. The highest BCUT2D eigenvalue weighted by Crippen LogP contribution is 2.36. The first-order valence-electron chi connectivity index (χ1n) is 6.58. The average Bonchev–Trinajstić information content (AvgIpc) is 2.79. The zero-order chi connectivity index (χ0) is 15.2. The largest absolute Gasteiger partial charge is 0.392 e. The second-order valence-corrected chi connectivity index (χ2v) is 5.25. The third kappa shape index (κ3) is 2.70. The van der Waals surface area contributed by atoms with Crippen LogP contribution in [0.2, 0.25) is 0 Å². The summed E-state index contributed by atoms with van der Waals surface area (Å²) in [4.78, 5) is 8.02. The van der Waals surface area contributed by atoms with E-state index in [2.05, 4.69) is 15.1 Å². The van der Waals surface area contributed by atoms with Crippen molar-refractivity contribution in [3.63, 3.8) is 0 Å². The van der Waals surface area contributed by atoms with Gasteiger partial charge in [0.2, 0.25) is 5.95 Å². The van der Waals surface area contributed by atoms with Gasteiger partial charge in [-0.25, -0.2) is 9.67 Å². The number of anilines is 1. The molecule has 0 aromatic carbocycles. The van der Waals surface area contributed by atoms with Gasteiger partial charge in [-0.2, -0.15) is 23.3 Å². The van der Waals surface area contributed by atoms with Crippen LogP contribution in [-0.2, 0) is 12.8 Å². The first-order chi connectivity index (χ1) is 9.83. The van der Waals surface area contributed by atoms with Crippen molar-refractivity contribution in [2.75, 3.05) is 5.73 Å². The van der Waals surface area contributed by atoms with Crippen LogP contribution < -0.4 is 5.73 Å². The number of nitrogens with two attached hydrogens (primary N) is 1. The molecule has 0 saturated carbocycles. The molecule has 21 heavy (non-hydrogen) atoms. The summed E-state index contributed by atoms with van der Waals surface area (Å²) in [5.74, 6) is -0.704. The van der Waals surface area contributed by atoms with Gasteiger partial charge >= 0.3 is 6.18 Å². The number of hydrogen-bond donors (Lipinski definition) is 1. The van der Waals surface area contributed by atoms with Gasteiger partial charge < -0.3 is 5.73 Å². The van der Waals surface area contributed by atoms with Crippen molar-refractivity contribution in [2.24, 2.45) is 5.92 Å². The van der Waals surface area contributed by atoms with Gasteiger partial charge in [0.1, 0.15) is 0 Å². The Morgan fingerprint density at radius 2 is 2.10 bits per heavy atom. The summed E-state index contributed by atoms with van der Waals surface area (Å²) in [5.41, 5.74) is 7.59. The third-order valence-corrected chi connectivity index (χ3v) is 3.63. The van der Waals surface area contributed by atoms with Gasteiger partial charge in [-0.15, -0.1) is 0 Å². The molecule has 0 spiro atoms. The second-order valence-electron chi connectivity index (χ2n) is 5.25. The standard InChI is InChI=1S/C13H14F3N5/c1-7-4-11(19-12(17)18-7)21-6-8-5-9(13(14,15)16)2-3-10(8)20-21/h4,6,9H,2-3,5H2,1H3,(H2,17,18,19). The van der Waals surface area contributed by atoms with E-state index in [4.69, 9.17) is 5.73 Å². The van der Waals surface area contributed by atoms with Crippen molar-refractivity contribution in [3.8, 4) is 5.82 Å². The van der Waals surface area contributed by atoms with Gasteiger partial charge in [0.15, 0.2) is 5.82 Å². The van der Waals surface area contributed by atoms with E-state index in [1.54, 1.807) is 19.2 Å². The average molecular weight is 297 g/mol. The molecule has 0 fully saturated rings. The van der Waals surface area contributed by atoms with Crippen LogP contribution >= 0.6 is 0 Å². The molecule has 0 radical (unpaired) electrons. The molecule has 1 aliphatic carbocycles. The Balaban J connectivity index is 1.93. The van der Waals surface area contributed by atoms with Gasteiger partial charge in [0, 0.05) is 18.0 Å². The molecule has 0 amide bonds. The van der Waals surface area contributed by atoms with Gasteiger partial charge in [-0.3, -0.25) is 0 Å². The number of nitrogen functional groups attached to an aromatic ring is 1. The number of halogens is 3. The molecule has 5 nitrogen and oxygen atoms in total. The predicted octanol–water partition coefficient (Wildman–Crippen LogP) is 2.22. The molecule has 2 heterocycles. The van der Waals surface area contributed by atoms with Crippen molar-refractivity contribution >= 4 is 5.95 Å². The molecular weight excluding hydrogens is 283 g/mol. The molecule has 112 valence electrons. The summed E-state index contributed by atoms with van der Waals surface area (Å²) in [6.45, 7) is 1.77. The van der Waals surface area contributed by atoms with Crippen LogP contribution in [0.5, 0.6) is 0 Å². The summed E-state index contributed by atoms with van der Waals surface area (Å²) in [5, 5.41) is 4.32. The van der Waals surface area contributed by atoms with Crippen LogP contribution in [0, 0.1) is 12.8 Å². The fraction of sp³-hybridized carbons (Fsp3) is 0.462. The smallest absolute Gasteiger partial charge is 0.368 e. The number of rotatable bonds is 1. The number of alkyl halides is 3. The number of aryl methyl sites for hydroxylation is 2. The molecule has 0 aliphatic heterocycles. The molecule has 1 aliphatic rings. The first kappa shape index (κ1) is 13.8. The van der Waals surface area contributed by atoms with Gasteiger partial charge in [-0.1, -0.05) is 0 Å². The zero-order valence-electron chi connectivity index (χ0n) is 11.4. The van der Waals surface area contributed by atoms with Crippen molar-refractivity contribution < 1.29 is 13.2 Å². The number of fused-ring (bicyclic) bond motifs is 1. The maximum Gasteiger partial charge on any atom is 0.392 e. The lowest BCUT2D eigenvalue weighted by Gasteiger charge is -2.23. The van der Waals surface area contributed by atoms with E-state index in [9.17, 15) is 13.2 Å².